The number of allylic oxidation sites excluding steroid dienone is 2. The summed E-state index contributed by atoms with van der Waals surface area (Å²) < 4.78 is 18.3. The molecule has 2 aliphatic rings. The van der Waals surface area contributed by atoms with Gasteiger partial charge in [0.2, 0.25) is 0 Å². The fourth-order valence-corrected chi connectivity index (χ4v) is 5.58. The molecule has 4 rings (SSSR count). The van der Waals surface area contributed by atoms with Crippen LogP contribution in [0.15, 0.2) is 48.6 Å². The monoisotopic (exact) mass is 466 g/mol. The van der Waals surface area contributed by atoms with Crippen LogP contribution in [-0.2, 0) is 9.47 Å². The molecule has 2 heterocycles. The molecule has 0 radical (unpaired) electrons. The lowest BCUT2D eigenvalue weighted by Crippen LogP contribution is -2.30. The maximum atomic E-state index is 10.0. The molecule has 0 aliphatic carbocycles. The molecule has 34 heavy (non-hydrogen) atoms. The smallest absolute Gasteiger partial charge is 0.127 e. The maximum Gasteiger partial charge on any atom is 0.127 e. The van der Waals surface area contributed by atoms with Crippen molar-refractivity contribution in [1.29, 1.82) is 0 Å². The molecular weight excluding hydrogens is 424 g/mol. The van der Waals surface area contributed by atoms with Crippen LogP contribution in [-0.4, -0.2) is 37.1 Å². The molecule has 2 bridgehead atoms. The molecular formula is C30H42O4. The van der Waals surface area contributed by atoms with Crippen LogP contribution in [0.2, 0.25) is 0 Å². The number of benzene rings is 2. The third kappa shape index (κ3) is 6.55. The second kappa shape index (κ2) is 13.2. The highest BCUT2D eigenvalue weighted by atomic mass is 16.5. The van der Waals surface area contributed by atoms with Gasteiger partial charge < -0.3 is 19.3 Å². The van der Waals surface area contributed by atoms with E-state index in [9.17, 15) is 5.11 Å². The first-order chi connectivity index (χ1) is 16.8. The van der Waals surface area contributed by atoms with Crippen LogP contribution in [0.25, 0.3) is 10.8 Å². The molecule has 186 valence electrons. The van der Waals surface area contributed by atoms with Crippen molar-refractivity contribution in [3.05, 3.63) is 48.6 Å². The molecule has 4 atom stereocenters. The minimum absolute atomic E-state index is 0.301. The standard InChI is InChI=1S/C30H42O4/c1-2-3-4-11-20-32-22-26-25(29-18-19-30(26)34-29)14-8-6-5-7-12-21-33-28-17-16-27(31)23-13-9-10-15-24(23)28/h6,8-10,13,15-17,25-26,29-31H,2-5,7,11-12,14,18-22H2,1H3/t25-,26+,29-,30+/m1/s1. The molecule has 4 heteroatoms. The SMILES string of the molecule is CCCCCCOC[C@H]1[C@@H](CC=CCCCCOc2ccc(O)c3ccccc23)[C@H]2CC[C@@H]1O2. The lowest BCUT2D eigenvalue weighted by Gasteiger charge is -2.27. The second-order valence-electron chi connectivity index (χ2n) is 9.93. The first-order valence-electron chi connectivity index (χ1n) is 13.5. The number of phenolic OH excluding ortho intramolecular Hbond substituents is 1. The van der Waals surface area contributed by atoms with Gasteiger partial charge in [0.25, 0.3) is 0 Å². The summed E-state index contributed by atoms with van der Waals surface area (Å²) in [7, 11) is 0. The first-order valence-corrected chi connectivity index (χ1v) is 13.5. The Kier molecular flexibility index (Phi) is 9.70. The summed E-state index contributed by atoms with van der Waals surface area (Å²) in [6.07, 6.45) is 17.4. The van der Waals surface area contributed by atoms with Gasteiger partial charge in [0.05, 0.1) is 25.4 Å². The number of phenols is 1. The van der Waals surface area contributed by atoms with E-state index < -0.39 is 0 Å². The Morgan fingerprint density at radius 2 is 1.68 bits per heavy atom. The zero-order valence-electron chi connectivity index (χ0n) is 20.8. The molecule has 0 aromatic heterocycles. The van der Waals surface area contributed by atoms with Crippen LogP contribution >= 0.6 is 0 Å². The number of hydrogen-bond acceptors (Lipinski definition) is 4. The molecule has 2 aliphatic heterocycles. The zero-order chi connectivity index (χ0) is 23.6. The van der Waals surface area contributed by atoms with Crippen molar-refractivity contribution >= 4 is 10.8 Å². The van der Waals surface area contributed by atoms with E-state index in [2.05, 4.69) is 19.1 Å². The second-order valence-corrected chi connectivity index (χ2v) is 9.93. The van der Waals surface area contributed by atoms with E-state index in [0.717, 1.165) is 55.4 Å². The van der Waals surface area contributed by atoms with Crippen LogP contribution in [0.1, 0.15) is 71.1 Å². The highest BCUT2D eigenvalue weighted by Crippen LogP contribution is 2.45. The summed E-state index contributed by atoms with van der Waals surface area (Å²) in [4.78, 5) is 0. The maximum absolute atomic E-state index is 10.0. The summed E-state index contributed by atoms with van der Waals surface area (Å²) in [5, 5.41) is 11.8. The minimum atomic E-state index is 0.301. The Bertz CT molecular complexity index is 908. The fourth-order valence-electron chi connectivity index (χ4n) is 5.58. The molecule has 0 saturated carbocycles. The van der Waals surface area contributed by atoms with Crippen molar-refractivity contribution in [1.82, 2.24) is 0 Å². The third-order valence-electron chi connectivity index (χ3n) is 7.50. The van der Waals surface area contributed by atoms with Gasteiger partial charge in [-0.2, -0.15) is 0 Å². The van der Waals surface area contributed by atoms with Crippen molar-refractivity contribution in [3.63, 3.8) is 0 Å². The Hall–Kier alpha value is -2.04. The lowest BCUT2D eigenvalue weighted by molar-refractivity contribution is 0.0478. The Morgan fingerprint density at radius 3 is 2.53 bits per heavy atom. The average Bonchev–Trinajstić information content (AvgIpc) is 3.46. The number of unbranched alkanes of at least 4 members (excludes halogenated alkanes) is 5. The van der Waals surface area contributed by atoms with E-state index in [-0.39, 0.29) is 0 Å². The van der Waals surface area contributed by atoms with E-state index in [1.165, 1.54) is 38.5 Å². The third-order valence-corrected chi connectivity index (χ3v) is 7.50. The molecule has 0 unspecified atom stereocenters. The van der Waals surface area contributed by atoms with E-state index >= 15 is 0 Å². The van der Waals surface area contributed by atoms with Gasteiger partial charge in [-0.15, -0.1) is 0 Å². The van der Waals surface area contributed by atoms with Crippen LogP contribution in [0, 0.1) is 11.8 Å². The summed E-state index contributed by atoms with van der Waals surface area (Å²) in [5.74, 6) is 2.34. The lowest BCUT2D eigenvalue weighted by atomic mass is 9.78. The zero-order valence-corrected chi connectivity index (χ0v) is 20.8. The Balaban J connectivity index is 1.12. The number of aromatic hydroxyl groups is 1. The highest BCUT2D eigenvalue weighted by molar-refractivity contribution is 5.92. The summed E-state index contributed by atoms with van der Waals surface area (Å²) in [5.41, 5.74) is 0. The van der Waals surface area contributed by atoms with Gasteiger partial charge in [-0.3, -0.25) is 0 Å². The van der Waals surface area contributed by atoms with Crippen LogP contribution in [0.5, 0.6) is 11.5 Å². The normalized spacial score (nSPS) is 23.9. The van der Waals surface area contributed by atoms with Gasteiger partial charge in [-0.05, 0) is 63.0 Å². The van der Waals surface area contributed by atoms with Gasteiger partial charge in [0.15, 0.2) is 0 Å². The number of rotatable bonds is 15. The van der Waals surface area contributed by atoms with Gasteiger partial charge in [0, 0.05) is 23.3 Å². The molecule has 2 saturated heterocycles. The minimum Gasteiger partial charge on any atom is -0.507 e. The van der Waals surface area contributed by atoms with E-state index in [1.54, 1.807) is 6.07 Å². The van der Waals surface area contributed by atoms with Gasteiger partial charge >= 0.3 is 0 Å². The Morgan fingerprint density at radius 1 is 0.882 bits per heavy atom. The largest absolute Gasteiger partial charge is 0.507 e. The molecule has 0 spiro atoms. The number of hydrogen-bond donors (Lipinski definition) is 1. The average molecular weight is 467 g/mol. The van der Waals surface area contributed by atoms with Gasteiger partial charge in [-0.25, -0.2) is 0 Å². The van der Waals surface area contributed by atoms with Crippen molar-refractivity contribution in [2.45, 2.75) is 83.3 Å². The molecule has 2 aromatic carbocycles. The number of ether oxygens (including phenoxy) is 3. The summed E-state index contributed by atoms with van der Waals surface area (Å²) in [6, 6.07) is 11.4. The van der Waals surface area contributed by atoms with Crippen LogP contribution in [0.3, 0.4) is 0 Å². The van der Waals surface area contributed by atoms with Gasteiger partial charge in [0.1, 0.15) is 11.5 Å². The van der Waals surface area contributed by atoms with Crippen LogP contribution in [0.4, 0.5) is 0 Å². The number of fused-ring (bicyclic) bond motifs is 3. The molecule has 0 amide bonds. The quantitative estimate of drug-likeness (QED) is 0.219. The predicted molar refractivity (Wildman–Crippen MR) is 139 cm³/mol. The van der Waals surface area contributed by atoms with Crippen molar-refractivity contribution in [2.24, 2.45) is 11.8 Å². The van der Waals surface area contributed by atoms with E-state index in [1.807, 2.05) is 30.3 Å². The Labute approximate surface area is 205 Å². The topological polar surface area (TPSA) is 47.9 Å². The van der Waals surface area contributed by atoms with Crippen LogP contribution < -0.4 is 4.74 Å². The van der Waals surface area contributed by atoms with E-state index in [0.29, 0.717) is 36.4 Å². The van der Waals surface area contributed by atoms with Crippen molar-refractivity contribution in [2.75, 3.05) is 19.8 Å². The van der Waals surface area contributed by atoms with Crippen molar-refractivity contribution < 1.29 is 19.3 Å². The molecule has 4 nitrogen and oxygen atoms in total. The molecule has 2 fully saturated rings. The summed E-state index contributed by atoms with van der Waals surface area (Å²) >= 11 is 0. The van der Waals surface area contributed by atoms with Crippen molar-refractivity contribution in [3.8, 4) is 11.5 Å². The first kappa shape index (κ1) is 25.1. The predicted octanol–water partition coefficient (Wildman–Crippen LogP) is 7.43. The molecule has 2 aromatic rings. The van der Waals surface area contributed by atoms with E-state index in [4.69, 9.17) is 14.2 Å². The molecule has 1 N–H and O–H groups in total. The summed E-state index contributed by atoms with van der Waals surface area (Å²) in [6.45, 7) is 4.72. The van der Waals surface area contributed by atoms with Gasteiger partial charge in [-0.1, -0.05) is 62.6 Å². The highest BCUT2D eigenvalue weighted by Gasteiger charge is 2.48. The fraction of sp³-hybridized carbons (Fsp3) is 0.600.